The molecule has 0 aliphatic rings. The van der Waals surface area contributed by atoms with E-state index in [9.17, 15) is 0 Å². The highest BCUT2D eigenvalue weighted by Crippen LogP contribution is 2.28. The lowest BCUT2D eigenvalue weighted by molar-refractivity contribution is 0.597. The summed E-state index contributed by atoms with van der Waals surface area (Å²) in [5.74, 6) is 0.902. The van der Waals surface area contributed by atoms with Crippen LogP contribution in [-0.4, -0.2) is 6.54 Å². The predicted molar refractivity (Wildman–Crippen MR) is 89.5 cm³/mol. The fraction of sp³-hybridized carbons (Fsp3) is 0.294. The lowest BCUT2D eigenvalue weighted by Gasteiger charge is -2.13. The predicted octanol–water partition coefficient (Wildman–Crippen LogP) is 5.30. The lowest BCUT2D eigenvalue weighted by Crippen LogP contribution is -2.17. The molecule has 0 aliphatic heterocycles. The highest BCUT2D eigenvalue weighted by Gasteiger charge is 2.05. The van der Waals surface area contributed by atoms with E-state index >= 15 is 0 Å². The average molecular weight is 306 g/mol. The van der Waals surface area contributed by atoms with Gasteiger partial charge in [-0.2, -0.15) is 0 Å². The van der Waals surface area contributed by atoms with Crippen molar-refractivity contribution in [2.75, 3.05) is 6.54 Å². The van der Waals surface area contributed by atoms with E-state index in [4.69, 9.17) is 11.6 Å². The van der Waals surface area contributed by atoms with Crippen LogP contribution in [0.1, 0.15) is 31.0 Å². The van der Waals surface area contributed by atoms with Crippen molar-refractivity contribution in [2.24, 2.45) is 0 Å². The topological polar surface area (TPSA) is 12.0 Å². The minimum atomic E-state index is 0.390. The molecular weight excluding hydrogens is 286 g/mol. The van der Waals surface area contributed by atoms with Gasteiger partial charge >= 0.3 is 0 Å². The van der Waals surface area contributed by atoms with Crippen LogP contribution in [0.15, 0.2) is 53.4 Å². The van der Waals surface area contributed by atoms with Gasteiger partial charge in [0.25, 0.3) is 0 Å². The quantitative estimate of drug-likeness (QED) is 0.727. The van der Waals surface area contributed by atoms with Gasteiger partial charge in [-0.05, 0) is 42.8 Å². The van der Waals surface area contributed by atoms with Crippen molar-refractivity contribution in [1.82, 2.24) is 5.32 Å². The molecule has 0 aliphatic carbocycles. The summed E-state index contributed by atoms with van der Waals surface area (Å²) in [5.41, 5.74) is 2.51. The summed E-state index contributed by atoms with van der Waals surface area (Å²) in [5, 5.41) is 4.29. The third-order valence-corrected chi connectivity index (χ3v) is 4.63. The first-order valence-electron chi connectivity index (χ1n) is 6.90. The standard InChI is InChI=1S/C17H20ClNS/c1-3-19-13(2)14-8-6-9-16(11-14)20-12-15-7-4-5-10-17(15)18/h4-11,13,19H,3,12H2,1-2H3. The number of hydrogen-bond acceptors (Lipinski definition) is 2. The van der Waals surface area contributed by atoms with Gasteiger partial charge in [-0.25, -0.2) is 0 Å². The van der Waals surface area contributed by atoms with E-state index in [1.807, 2.05) is 30.0 Å². The van der Waals surface area contributed by atoms with Crippen molar-refractivity contribution in [3.63, 3.8) is 0 Å². The van der Waals surface area contributed by atoms with Crippen LogP contribution in [0.2, 0.25) is 5.02 Å². The van der Waals surface area contributed by atoms with E-state index in [1.165, 1.54) is 16.0 Å². The summed E-state index contributed by atoms with van der Waals surface area (Å²) < 4.78 is 0. The molecule has 1 nitrogen and oxygen atoms in total. The maximum atomic E-state index is 6.19. The number of benzene rings is 2. The van der Waals surface area contributed by atoms with Gasteiger partial charge in [0.05, 0.1) is 0 Å². The molecule has 0 bridgehead atoms. The van der Waals surface area contributed by atoms with Crippen LogP contribution in [0.4, 0.5) is 0 Å². The van der Waals surface area contributed by atoms with E-state index in [-0.39, 0.29) is 0 Å². The first-order chi connectivity index (χ1) is 9.70. The van der Waals surface area contributed by atoms with Crippen LogP contribution in [0.25, 0.3) is 0 Å². The summed E-state index contributed by atoms with van der Waals surface area (Å²) in [6.07, 6.45) is 0. The lowest BCUT2D eigenvalue weighted by atomic mass is 10.1. The van der Waals surface area contributed by atoms with Gasteiger partial charge in [0.2, 0.25) is 0 Å². The molecule has 0 saturated carbocycles. The maximum absolute atomic E-state index is 6.19. The SMILES string of the molecule is CCNC(C)c1cccc(SCc2ccccc2Cl)c1. The largest absolute Gasteiger partial charge is 0.310 e. The molecule has 0 heterocycles. The summed E-state index contributed by atoms with van der Waals surface area (Å²) in [6.45, 7) is 5.31. The second-order valence-corrected chi connectivity index (χ2v) is 6.19. The molecule has 0 spiro atoms. The molecule has 0 amide bonds. The monoisotopic (exact) mass is 305 g/mol. The number of hydrogen-bond donors (Lipinski definition) is 1. The van der Waals surface area contributed by atoms with Crippen molar-refractivity contribution in [2.45, 2.75) is 30.5 Å². The Morgan fingerprint density at radius 2 is 1.95 bits per heavy atom. The molecule has 3 heteroatoms. The molecule has 2 aromatic rings. The Hall–Kier alpha value is -0.960. The molecule has 0 fully saturated rings. The zero-order chi connectivity index (χ0) is 14.4. The number of rotatable bonds is 6. The second-order valence-electron chi connectivity index (χ2n) is 4.73. The van der Waals surface area contributed by atoms with Gasteiger partial charge in [-0.3, -0.25) is 0 Å². The fourth-order valence-corrected chi connectivity index (χ4v) is 3.32. The normalized spacial score (nSPS) is 12.3. The molecule has 1 atom stereocenters. The van der Waals surface area contributed by atoms with E-state index in [2.05, 4.69) is 49.5 Å². The van der Waals surface area contributed by atoms with Gasteiger partial charge in [0.15, 0.2) is 0 Å². The number of thioether (sulfide) groups is 1. The van der Waals surface area contributed by atoms with Gasteiger partial charge in [0.1, 0.15) is 0 Å². The molecule has 2 aromatic carbocycles. The van der Waals surface area contributed by atoms with Crippen LogP contribution < -0.4 is 5.32 Å². The first kappa shape index (κ1) is 15.4. The molecule has 1 unspecified atom stereocenters. The van der Waals surface area contributed by atoms with Gasteiger partial charge in [-0.15, -0.1) is 11.8 Å². The van der Waals surface area contributed by atoms with Gasteiger partial charge < -0.3 is 5.32 Å². The Balaban J connectivity index is 2.03. The van der Waals surface area contributed by atoms with E-state index in [0.29, 0.717) is 6.04 Å². The van der Waals surface area contributed by atoms with Crippen LogP contribution in [0, 0.1) is 0 Å². The highest BCUT2D eigenvalue weighted by atomic mass is 35.5. The van der Waals surface area contributed by atoms with Crippen molar-refractivity contribution in [1.29, 1.82) is 0 Å². The Morgan fingerprint density at radius 3 is 2.70 bits per heavy atom. The zero-order valence-electron chi connectivity index (χ0n) is 11.9. The Labute approximate surface area is 130 Å². The van der Waals surface area contributed by atoms with Crippen molar-refractivity contribution in [3.8, 4) is 0 Å². The number of nitrogens with one attached hydrogen (secondary N) is 1. The average Bonchev–Trinajstić information content (AvgIpc) is 2.47. The molecule has 0 radical (unpaired) electrons. The zero-order valence-corrected chi connectivity index (χ0v) is 13.5. The molecule has 2 rings (SSSR count). The first-order valence-corrected chi connectivity index (χ1v) is 8.26. The molecular formula is C17H20ClNS. The van der Waals surface area contributed by atoms with Crippen molar-refractivity contribution < 1.29 is 0 Å². The van der Waals surface area contributed by atoms with Crippen LogP contribution >= 0.6 is 23.4 Å². The Morgan fingerprint density at radius 1 is 1.15 bits per heavy atom. The second kappa shape index (κ2) is 7.72. The molecule has 1 N–H and O–H groups in total. The molecule has 0 aromatic heterocycles. The van der Waals surface area contributed by atoms with E-state index in [0.717, 1.165) is 17.3 Å². The summed E-state index contributed by atoms with van der Waals surface area (Å²) in [7, 11) is 0. The van der Waals surface area contributed by atoms with Crippen LogP contribution in [-0.2, 0) is 5.75 Å². The fourth-order valence-electron chi connectivity index (χ4n) is 2.07. The third kappa shape index (κ3) is 4.27. The maximum Gasteiger partial charge on any atom is 0.0446 e. The minimum Gasteiger partial charge on any atom is -0.310 e. The summed E-state index contributed by atoms with van der Waals surface area (Å²) in [6, 6.07) is 17.1. The summed E-state index contributed by atoms with van der Waals surface area (Å²) >= 11 is 8.02. The van der Waals surface area contributed by atoms with E-state index < -0.39 is 0 Å². The Bertz CT molecular complexity index is 556. The number of halogens is 1. The summed E-state index contributed by atoms with van der Waals surface area (Å²) in [4.78, 5) is 1.28. The highest BCUT2D eigenvalue weighted by molar-refractivity contribution is 7.98. The third-order valence-electron chi connectivity index (χ3n) is 3.22. The minimum absolute atomic E-state index is 0.390. The van der Waals surface area contributed by atoms with Crippen LogP contribution in [0.3, 0.4) is 0 Å². The van der Waals surface area contributed by atoms with Gasteiger partial charge in [-0.1, -0.05) is 48.9 Å². The molecule has 20 heavy (non-hydrogen) atoms. The Kier molecular flexibility index (Phi) is 5.96. The van der Waals surface area contributed by atoms with Gasteiger partial charge in [0, 0.05) is 21.7 Å². The van der Waals surface area contributed by atoms with Crippen molar-refractivity contribution >= 4 is 23.4 Å². The van der Waals surface area contributed by atoms with E-state index in [1.54, 1.807) is 0 Å². The van der Waals surface area contributed by atoms with Crippen molar-refractivity contribution in [3.05, 3.63) is 64.7 Å². The smallest absolute Gasteiger partial charge is 0.0446 e. The molecule has 106 valence electrons. The molecule has 0 saturated heterocycles. The van der Waals surface area contributed by atoms with Crippen LogP contribution in [0.5, 0.6) is 0 Å².